The highest BCUT2D eigenvalue weighted by Gasteiger charge is 1.77. The summed E-state index contributed by atoms with van der Waals surface area (Å²) in [5, 5.41) is 0. The molecule has 0 saturated heterocycles. The Morgan fingerprint density at radius 2 is 2.14 bits per heavy atom. The third-order valence-electron chi connectivity index (χ3n) is 1.01. The normalized spacial score (nSPS) is 9.14. The molecule has 0 bridgehead atoms. The minimum Gasteiger partial charge on any atom is -0.103 e. The Morgan fingerprint density at radius 3 is 2.57 bits per heavy atom. The van der Waals surface area contributed by atoms with Crippen molar-refractivity contribution in [2.75, 3.05) is 0 Å². The fourth-order valence-electron chi connectivity index (χ4n) is 0.539. The molecule has 0 spiro atoms. The summed E-state index contributed by atoms with van der Waals surface area (Å²) in [5.74, 6) is 0. The summed E-state index contributed by atoms with van der Waals surface area (Å²) in [5.41, 5.74) is 0. The third-order valence-corrected chi connectivity index (χ3v) is 1.72. The molecule has 0 aliphatic heterocycles. The van der Waals surface area contributed by atoms with Crippen molar-refractivity contribution in [2.24, 2.45) is 0 Å². The van der Waals surface area contributed by atoms with Crippen molar-refractivity contribution in [1.29, 1.82) is 0 Å². The number of rotatable bonds is 4. The minimum atomic E-state index is 1.21. The highest BCUT2D eigenvalue weighted by atomic mass is 28.1. The van der Waals surface area contributed by atoms with Gasteiger partial charge in [0.15, 0.2) is 0 Å². The van der Waals surface area contributed by atoms with Crippen molar-refractivity contribution >= 4 is 10.2 Å². The maximum atomic E-state index is 3.64. The van der Waals surface area contributed by atoms with Crippen LogP contribution < -0.4 is 0 Å². The Kier molecular flexibility index (Phi) is 5.92. The SMILES string of the molecule is C=CCCCC[SiH3]. The van der Waals surface area contributed by atoms with E-state index in [-0.39, 0.29) is 0 Å². The Balaban J connectivity index is 2.56. The summed E-state index contributed by atoms with van der Waals surface area (Å²) in [7, 11) is 1.37. The van der Waals surface area contributed by atoms with Crippen LogP contribution in [0.4, 0.5) is 0 Å². The number of unbranched alkanes of at least 4 members (excludes halogenated alkanes) is 2. The van der Waals surface area contributed by atoms with E-state index in [4.69, 9.17) is 0 Å². The predicted molar refractivity (Wildman–Crippen MR) is 38.8 cm³/mol. The van der Waals surface area contributed by atoms with Gasteiger partial charge in [-0.1, -0.05) is 25.0 Å². The zero-order chi connectivity index (χ0) is 5.54. The largest absolute Gasteiger partial charge is 0.103 e. The quantitative estimate of drug-likeness (QED) is 0.292. The number of allylic oxidation sites excluding steroid dienone is 1. The first-order valence-electron chi connectivity index (χ1n) is 3.02. The molecule has 0 aromatic heterocycles. The molecule has 0 nitrogen and oxygen atoms in total. The van der Waals surface area contributed by atoms with Crippen LogP contribution in [0, 0.1) is 0 Å². The molecular weight excluding hydrogens is 100 g/mol. The Hall–Kier alpha value is -0.0431. The molecule has 0 aromatic rings. The van der Waals surface area contributed by atoms with Crippen molar-refractivity contribution in [1.82, 2.24) is 0 Å². The van der Waals surface area contributed by atoms with Crippen LogP contribution in [0.2, 0.25) is 6.04 Å². The highest BCUT2D eigenvalue weighted by molar-refractivity contribution is 6.08. The van der Waals surface area contributed by atoms with E-state index in [1.807, 2.05) is 6.08 Å². The minimum absolute atomic E-state index is 1.21. The lowest BCUT2D eigenvalue weighted by Crippen LogP contribution is -1.70. The van der Waals surface area contributed by atoms with Gasteiger partial charge in [0, 0.05) is 10.2 Å². The van der Waals surface area contributed by atoms with Crippen LogP contribution in [-0.2, 0) is 0 Å². The average molecular weight is 114 g/mol. The Labute approximate surface area is 49.0 Å². The molecular formula is C6H14Si. The summed E-state index contributed by atoms with van der Waals surface area (Å²) in [6.45, 7) is 3.64. The van der Waals surface area contributed by atoms with Gasteiger partial charge >= 0.3 is 0 Å². The molecule has 7 heavy (non-hydrogen) atoms. The maximum Gasteiger partial charge on any atom is 0.00279 e. The topological polar surface area (TPSA) is 0 Å². The maximum absolute atomic E-state index is 3.64. The van der Waals surface area contributed by atoms with Gasteiger partial charge in [-0.15, -0.1) is 6.58 Å². The van der Waals surface area contributed by atoms with Crippen LogP contribution in [0.25, 0.3) is 0 Å². The smallest absolute Gasteiger partial charge is 0.00279 e. The zero-order valence-corrected chi connectivity index (χ0v) is 7.11. The summed E-state index contributed by atoms with van der Waals surface area (Å²) < 4.78 is 0. The lowest BCUT2D eigenvalue weighted by Gasteiger charge is -1.87. The predicted octanol–water partition coefficient (Wildman–Crippen LogP) is 1.13. The molecule has 0 amide bonds. The van der Waals surface area contributed by atoms with Crippen molar-refractivity contribution < 1.29 is 0 Å². The van der Waals surface area contributed by atoms with E-state index < -0.39 is 0 Å². The molecule has 0 unspecified atom stereocenters. The van der Waals surface area contributed by atoms with Crippen molar-refractivity contribution in [3.05, 3.63) is 12.7 Å². The molecule has 0 saturated carbocycles. The molecule has 0 aliphatic carbocycles. The van der Waals surface area contributed by atoms with Crippen molar-refractivity contribution in [3.63, 3.8) is 0 Å². The second kappa shape index (κ2) is 5.96. The Bertz CT molecular complexity index is 41.4. The van der Waals surface area contributed by atoms with Crippen molar-refractivity contribution in [3.8, 4) is 0 Å². The summed E-state index contributed by atoms with van der Waals surface area (Å²) in [4.78, 5) is 0. The van der Waals surface area contributed by atoms with Crippen LogP contribution in [-0.4, -0.2) is 10.2 Å². The molecule has 0 N–H and O–H groups in total. The second-order valence-corrected chi connectivity index (χ2v) is 2.78. The van der Waals surface area contributed by atoms with Crippen LogP contribution in [0.15, 0.2) is 12.7 Å². The molecule has 0 rings (SSSR count). The molecule has 0 atom stereocenters. The third kappa shape index (κ3) is 5.96. The van der Waals surface area contributed by atoms with E-state index >= 15 is 0 Å². The molecule has 1 heteroatoms. The second-order valence-electron chi connectivity index (χ2n) is 1.78. The summed E-state index contributed by atoms with van der Waals surface area (Å²) in [6, 6.07) is 1.45. The average Bonchev–Trinajstić information content (AvgIpc) is 1.69. The lowest BCUT2D eigenvalue weighted by atomic mass is 10.2. The molecule has 0 aliphatic rings. The van der Waals surface area contributed by atoms with Gasteiger partial charge in [0.2, 0.25) is 0 Å². The van der Waals surface area contributed by atoms with Gasteiger partial charge in [0.25, 0.3) is 0 Å². The highest BCUT2D eigenvalue weighted by Crippen LogP contribution is 1.96. The van der Waals surface area contributed by atoms with Gasteiger partial charge in [-0.05, 0) is 6.42 Å². The van der Waals surface area contributed by atoms with E-state index in [9.17, 15) is 0 Å². The van der Waals surface area contributed by atoms with Crippen LogP contribution in [0.5, 0.6) is 0 Å². The van der Waals surface area contributed by atoms with Gasteiger partial charge in [-0.25, -0.2) is 0 Å². The van der Waals surface area contributed by atoms with Gasteiger partial charge < -0.3 is 0 Å². The van der Waals surface area contributed by atoms with Crippen LogP contribution in [0.3, 0.4) is 0 Å². The Morgan fingerprint density at radius 1 is 1.43 bits per heavy atom. The van der Waals surface area contributed by atoms with Gasteiger partial charge in [0.1, 0.15) is 0 Å². The zero-order valence-electron chi connectivity index (χ0n) is 5.11. The van der Waals surface area contributed by atoms with E-state index in [0.29, 0.717) is 0 Å². The molecule has 0 fully saturated rings. The van der Waals surface area contributed by atoms with E-state index in [2.05, 4.69) is 6.58 Å². The fourth-order valence-corrected chi connectivity index (χ4v) is 1.04. The standard InChI is InChI=1S/C6H14Si/c1-2-3-4-5-6-7/h2H,1,3-6H2,7H3. The summed E-state index contributed by atoms with van der Waals surface area (Å²) in [6.07, 6.45) is 5.98. The number of hydrogen-bond donors (Lipinski definition) is 0. The number of hydrogen-bond acceptors (Lipinski definition) is 0. The van der Waals surface area contributed by atoms with E-state index in [1.165, 1.54) is 35.5 Å². The van der Waals surface area contributed by atoms with Gasteiger partial charge in [0.05, 0.1) is 0 Å². The van der Waals surface area contributed by atoms with Gasteiger partial charge in [-0.3, -0.25) is 0 Å². The van der Waals surface area contributed by atoms with Crippen LogP contribution >= 0.6 is 0 Å². The first-order valence-corrected chi connectivity index (χ1v) is 4.44. The lowest BCUT2D eigenvalue weighted by molar-refractivity contribution is 0.814. The van der Waals surface area contributed by atoms with Crippen molar-refractivity contribution in [2.45, 2.75) is 25.3 Å². The first kappa shape index (κ1) is 6.96. The monoisotopic (exact) mass is 114 g/mol. The molecule has 0 aromatic carbocycles. The molecule has 0 heterocycles. The summed E-state index contributed by atoms with van der Waals surface area (Å²) >= 11 is 0. The van der Waals surface area contributed by atoms with Crippen LogP contribution in [0.1, 0.15) is 19.3 Å². The van der Waals surface area contributed by atoms with E-state index in [1.54, 1.807) is 0 Å². The molecule has 42 valence electrons. The fraction of sp³-hybridized carbons (Fsp3) is 0.667. The molecule has 0 radical (unpaired) electrons. The first-order chi connectivity index (χ1) is 3.41. The van der Waals surface area contributed by atoms with E-state index in [0.717, 1.165) is 0 Å². The van der Waals surface area contributed by atoms with Gasteiger partial charge in [-0.2, -0.15) is 0 Å².